The first-order valence-corrected chi connectivity index (χ1v) is 10.7. The van der Waals surface area contributed by atoms with Gasteiger partial charge in [-0.15, -0.1) is 0 Å². The molecule has 2 N–H and O–H groups in total. The number of fused-ring (bicyclic) bond motifs is 1. The Kier molecular flexibility index (Phi) is 6.42. The number of hydrogen-bond donors (Lipinski definition) is 2. The van der Waals surface area contributed by atoms with Crippen LogP contribution in [0.3, 0.4) is 0 Å². The Bertz CT molecular complexity index is 620. The fourth-order valence-electron chi connectivity index (χ4n) is 4.61. The molecule has 27 heavy (non-hydrogen) atoms. The van der Waals surface area contributed by atoms with Crippen LogP contribution in [0.4, 0.5) is 0 Å². The highest BCUT2D eigenvalue weighted by atomic mass is 16.5. The Labute approximate surface area is 161 Å². The predicted molar refractivity (Wildman–Crippen MR) is 103 cm³/mol. The van der Waals surface area contributed by atoms with Crippen molar-refractivity contribution in [3.8, 4) is 0 Å². The second kappa shape index (κ2) is 9.17. The van der Waals surface area contributed by atoms with E-state index in [1.807, 2.05) is 0 Å². The van der Waals surface area contributed by atoms with Crippen molar-refractivity contribution >= 4 is 5.91 Å². The number of morpholine rings is 1. The smallest absolute Gasteiger partial charge is 0.222 e. The molecule has 1 saturated heterocycles. The number of rotatable bonds is 5. The summed E-state index contributed by atoms with van der Waals surface area (Å²) < 4.78 is 7.75. The Morgan fingerprint density at radius 2 is 2.15 bits per heavy atom. The largest absolute Gasteiger partial charge is 0.375 e. The number of nitrogens with zero attached hydrogens (tertiary/aromatic N) is 3. The van der Waals surface area contributed by atoms with Crippen LogP contribution < -0.4 is 10.6 Å². The zero-order chi connectivity index (χ0) is 18.5. The zero-order valence-electron chi connectivity index (χ0n) is 16.3. The van der Waals surface area contributed by atoms with Crippen molar-refractivity contribution in [2.75, 3.05) is 26.2 Å². The zero-order valence-corrected chi connectivity index (χ0v) is 16.3. The van der Waals surface area contributed by atoms with E-state index in [-0.39, 0.29) is 12.0 Å². The molecule has 7 nitrogen and oxygen atoms in total. The summed E-state index contributed by atoms with van der Waals surface area (Å²) in [6, 6.07) is 2.92. The first kappa shape index (κ1) is 18.9. The maximum Gasteiger partial charge on any atom is 0.222 e. The van der Waals surface area contributed by atoms with Crippen LogP contribution in [-0.2, 0) is 29.2 Å². The predicted octanol–water partition coefficient (Wildman–Crippen LogP) is 1.42. The SMILES string of the molecule is O=C(CC1CNCCO1)NCc1cc2n(n1)CCCN(C1CCCCC1)C2. The first-order chi connectivity index (χ1) is 13.3. The van der Waals surface area contributed by atoms with E-state index in [1.54, 1.807) is 0 Å². The van der Waals surface area contributed by atoms with Gasteiger partial charge in [0, 0.05) is 38.8 Å². The standard InChI is InChI=1S/C20H33N5O2/c26-20(12-19-14-21-7-10-27-19)22-13-16-11-18-15-24(8-4-9-25(18)23-16)17-5-2-1-3-6-17/h11,17,19,21H,1-10,12-15H2,(H,22,26). The number of carbonyl (C=O) groups is 1. The Balaban J connectivity index is 1.29. The van der Waals surface area contributed by atoms with E-state index in [9.17, 15) is 4.79 Å². The van der Waals surface area contributed by atoms with Gasteiger partial charge in [0.05, 0.1) is 37.1 Å². The van der Waals surface area contributed by atoms with Gasteiger partial charge in [0.1, 0.15) is 0 Å². The molecule has 0 radical (unpaired) electrons. The van der Waals surface area contributed by atoms with Gasteiger partial charge in [-0.2, -0.15) is 5.10 Å². The Morgan fingerprint density at radius 3 is 2.96 bits per heavy atom. The fraction of sp³-hybridized carbons (Fsp3) is 0.800. The molecule has 0 aromatic carbocycles. The lowest BCUT2D eigenvalue weighted by molar-refractivity contribution is -0.124. The third-order valence-corrected chi connectivity index (χ3v) is 6.07. The molecule has 1 aromatic heterocycles. The first-order valence-electron chi connectivity index (χ1n) is 10.7. The van der Waals surface area contributed by atoms with Gasteiger partial charge in [-0.05, 0) is 25.3 Å². The molecule has 1 atom stereocenters. The van der Waals surface area contributed by atoms with Gasteiger partial charge in [0.2, 0.25) is 5.91 Å². The number of aryl methyl sites for hydroxylation is 1. The van der Waals surface area contributed by atoms with Crippen LogP contribution >= 0.6 is 0 Å². The summed E-state index contributed by atoms with van der Waals surface area (Å²) in [4.78, 5) is 14.8. The van der Waals surface area contributed by atoms with E-state index in [2.05, 4.69) is 26.3 Å². The van der Waals surface area contributed by atoms with E-state index in [1.165, 1.54) is 44.3 Å². The lowest BCUT2D eigenvalue weighted by atomic mass is 9.94. The van der Waals surface area contributed by atoms with Gasteiger partial charge in [0.25, 0.3) is 0 Å². The van der Waals surface area contributed by atoms with Crippen LogP contribution in [0, 0.1) is 0 Å². The van der Waals surface area contributed by atoms with Crippen LogP contribution in [0.15, 0.2) is 6.07 Å². The summed E-state index contributed by atoms with van der Waals surface area (Å²) in [5, 5.41) is 11.0. The minimum atomic E-state index is -0.0125. The van der Waals surface area contributed by atoms with Crippen molar-refractivity contribution in [3.63, 3.8) is 0 Å². The summed E-state index contributed by atoms with van der Waals surface area (Å²) in [5.74, 6) is 0.0377. The molecule has 1 aliphatic carbocycles. The van der Waals surface area contributed by atoms with E-state index in [0.29, 0.717) is 19.6 Å². The molecular weight excluding hydrogens is 342 g/mol. The van der Waals surface area contributed by atoms with E-state index >= 15 is 0 Å². The van der Waals surface area contributed by atoms with Crippen LogP contribution in [-0.4, -0.2) is 59.0 Å². The molecule has 0 bridgehead atoms. The monoisotopic (exact) mass is 375 g/mol. The minimum Gasteiger partial charge on any atom is -0.375 e. The lowest BCUT2D eigenvalue weighted by Crippen LogP contribution is -2.41. The maximum atomic E-state index is 12.2. The topological polar surface area (TPSA) is 71.4 Å². The van der Waals surface area contributed by atoms with Crippen molar-refractivity contribution in [1.82, 2.24) is 25.3 Å². The van der Waals surface area contributed by atoms with Crippen LogP contribution in [0.5, 0.6) is 0 Å². The molecule has 3 aliphatic rings. The number of nitrogens with one attached hydrogen (secondary N) is 2. The number of ether oxygens (including phenoxy) is 1. The highest BCUT2D eigenvalue weighted by Gasteiger charge is 2.25. The van der Waals surface area contributed by atoms with Gasteiger partial charge >= 0.3 is 0 Å². The molecular formula is C20H33N5O2. The van der Waals surface area contributed by atoms with Crippen molar-refractivity contribution in [1.29, 1.82) is 0 Å². The summed E-state index contributed by atoms with van der Waals surface area (Å²) >= 11 is 0. The highest BCUT2D eigenvalue weighted by Crippen LogP contribution is 2.26. The number of carbonyl (C=O) groups excluding carboxylic acids is 1. The number of amides is 1. The van der Waals surface area contributed by atoms with E-state index in [0.717, 1.165) is 44.3 Å². The third-order valence-electron chi connectivity index (χ3n) is 6.07. The summed E-state index contributed by atoms with van der Waals surface area (Å²) in [6.07, 6.45) is 8.38. The number of aromatic nitrogens is 2. The molecule has 1 amide bonds. The summed E-state index contributed by atoms with van der Waals surface area (Å²) in [7, 11) is 0. The van der Waals surface area contributed by atoms with Crippen molar-refractivity contribution in [3.05, 3.63) is 17.5 Å². The number of hydrogen-bond acceptors (Lipinski definition) is 5. The Morgan fingerprint density at radius 1 is 1.26 bits per heavy atom. The van der Waals surface area contributed by atoms with Gasteiger partial charge in [-0.1, -0.05) is 19.3 Å². The fourth-order valence-corrected chi connectivity index (χ4v) is 4.61. The van der Waals surface area contributed by atoms with Gasteiger partial charge in [-0.3, -0.25) is 14.4 Å². The molecule has 1 saturated carbocycles. The second-order valence-corrected chi connectivity index (χ2v) is 8.14. The molecule has 3 heterocycles. The second-order valence-electron chi connectivity index (χ2n) is 8.14. The molecule has 7 heteroatoms. The van der Waals surface area contributed by atoms with Gasteiger partial charge in [-0.25, -0.2) is 0 Å². The third kappa shape index (κ3) is 5.09. The van der Waals surface area contributed by atoms with Crippen LogP contribution in [0.1, 0.15) is 56.3 Å². The summed E-state index contributed by atoms with van der Waals surface area (Å²) in [6.45, 7) is 5.96. The molecule has 0 spiro atoms. The summed E-state index contributed by atoms with van der Waals surface area (Å²) in [5.41, 5.74) is 2.26. The minimum absolute atomic E-state index is 0.0125. The normalized spacial score (nSPS) is 25.0. The molecule has 2 aliphatic heterocycles. The van der Waals surface area contributed by atoms with E-state index in [4.69, 9.17) is 9.84 Å². The molecule has 1 aromatic rings. The molecule has 1 unspecified atom stereocenters. The van der Waals surface area contributed by atoms with Crippen molar-refractivity contribution < 1.29 is 9.53 Å². The van der Waals surface area contributed by atoms with Gasteiger partial charge < -0.3 is 15.4 Å². The van der Waals surface area contributed by atoms with Crippen LogP contribution in [0.25, 0.3) is 0 Å². The maximum absolute atomic E-state index is 12.2. The molecule has 4 rings (SSSR count). The average molecular weight is 376 g/mol. The molecule has 2 fully saturated rings. The van der Waals surface area contributed by atoms with Crippen molar-refractivity contribution in [2.45, 2.75) is 76.7 Å². The van der Waals surface area contributed by atoms with E-state index < -0.39 is 0 Å². The highest BCUT2D eigenvalue weighted by molar-refractivity contribution is 5.76. The molecule has 150 valence electrons. The lowest BCUT2D eigenvalue weighted by Gasteiger charge is -2.33. The van der Waals surface area contributed by atoms with Crippen LogP contribution in [0.2, 0.25) is 0 Å². The quantitative estimate of drug-likeness (QED) is 0.814. The van der Waals surface area contributed by atoms with Crippen molar-refractivity contribution in [2.24, 2.45) is 0 Å². The average Bonchev–Trinajstić information content (AvgIpc) is 2.98. The van der Waals surface area contributed by atoms with Gasteiger partial charge in [0.15, 0.2) is 0 Å². The Hall–Kier alpha value is -1.44.